The highest BCUT2D eigenvalue weighted by molar-refractivity contribution is 5.73. The summed E-state index contributed by atoms with van der Waals surface area (Å²) in [5.74, 6) is 0. The molecule has 0 aromatic carbocycles. The molecular weight excluding hydrogens is 142 g/mol. The largest absolute Gasteiger partial charge is 0.338 e. The fourth-order valence-electron chi connectivity index (χ4n) is 0.605. The maximum atomic E-state index is 11.0. The van der Waals surface area contributed by atoms with Crippen LogP contribution in [0.5, 0.6) is 0 Å². The number of nitriles is 1. The molecule has 2 amide bonds. The molecule has 0 aliphatic carbocycles. The quantitative estimate of drug-likeness (QED) is 0.647. The van der Waals surface area contributed by atoms with E-state index in [1.165, 1.54) is 4.90 Å². The van der Waals surface area contributed by atoms with Gasteiger partial charge in [-0.25, -0.2) is 4.79 Å². The van der Waals surface area contributed by atoms with Gasteiger partial charge in [-0.15, -0.1) is 0 Å². The Bertz CT molecular complexity index is 162. The van der Waals surface area contributed by atoms with Gasteiger partial charge in [-0.2, -0.15) is 5.26 Å². The van der Waals surface area contributed by atoms with E-state index in [9.17, 15) is 4.79 Å². The van der Waals surface area contributed by atoms with E-state index in [4.69, 9.17) is 5.26 Å². The number of amides is 2. The summed E-state index contributed by atoms with van der Waals surface area (Å²) < 4.78 is 0. The molecule has 62 valence electrons. The topological polar surface area (TPSA) is 56.1 Å². The highest BCUT2D eigenvalue weighted by Crippen LogP contribution is 1.86. The molecule has 0 aromatic rings. The van der Waals surface area contributed by atoms with E-state index < -0.39 is 0 Å². The maximum Gasteiger partial charge on any atom is 0.317 e. The van der Waals surface area contributed by atoms with Gasteiger partial charge in [0.1, 0.15) is 0 Å². The minimum Gasteiger partial charge on any atom is -0.338 e. The molecule has 11 heavy (non-hydrogen) atoms. The summed E-state index contributed by atoms with van der Waals surface area (Å²) in [5.41, 5.74) is 0. The molecule has 0 radical (unpaired) electrons. The highest BCUT2D eigenvalue weighted by Gasteiger charge is 2.04. The van der Waals surface area contributed by atoms with Crippen LogP contribution < -0.4 is 5.32 Å². The second kappa shape index (κ2) is 5.54. The number of hydrogen-bond acceptors (Lipinski definition) is 2. The van der Waals surface area contributed by atoms with E-state index in [0.29, 0.717) is 19.5 Å². The van der Waals surface area contributed by atoms with Gasteiger partial charge in [0.2, 0.25) is 0 Å². The third-order valence-corrected chi connectivity index (χ3v) is 1.23. The molecule has 4 nitrogen and oxygen atoms in total. The van der Waals surface area contributed by atoms with Gasteiger partial charge < -0.3 is 10.2 Å². The predicted octanol–water partition coefficient (Wildman–Crippen LogP) is 0.561. The van der Waals surface area contributed by atoms with Gasteiger partial charge in [-0.3, -0.25) is 0 Å². The van der Waals surface area contributed by atoms with Crippen molar-refractivity contribution in [2.45, 2.75) is 13.3 Å². The Hall–Kier alpha value is -1.24. The van der Waals surface area contributed by atoms with E-state index in [1.54, 1.807) is 7.05 Å². The van der Waals surface area contributed by atoms with Crippen molar-refractivity contribution in [3.63, 3.8) is 0 Å². The standard InChI is InChI=1S/C7H13N3O/c1-3-9-7(11)10(2)6-4-5-8/h3-4,6H2,1-2H3,(H,9,11). The third kappa shape index (κ3) is 4.20. The van der Waals surface area contributed by atoms with Crippen LogP contribution in [0.4, 0.5) is 4.79 Å². The van der Waals surface area contributed by atoms with Crippen LogP contribution in [0.3, 0.4) is 0 Å². The molecule has 1 N–H and O–H groups in total. The average Bonchev–Trinajstić information content (AvgIpc) is 2.00. The predicted molar refractivity (Wildman–Crippen MR) is 41.9 cm³/mol. The van der Waals surface area contributed by atoms with Crippen molar-refractivity contribution >= 4 is 6.03 Å². The molecule has 0 spiro atoms. The molecule has 0 unspecified atom stereocenters. The molecule has 0 saturated carbocycles. The second-order valence-electron chi connectivity index (χ2n) is 2.17. The van der Waals surface area contributed by atoms with Gasteiger partial charge in [0.05, 0.1) is 12.5 Å². The Morgan fingerprint density at radius 3 is 2.82 bits per heavy atom. The third-order valence-electron chi connectivity index (χ3n) is 1.23. The first kappa shape index (κ1) is 9.76. The number of hydrogen-bond donors (Lipinski definition) is 1. The number of carbonyl (C=O) groups excluding carboxylic acids is 1. The molecule has 0 aromatic heterocycles. The Kier molecular flexibility index (Phi) is 4.91. The molecule has 0 aliphatic rings. The van der Waals surface area contributed by atoms with Gasteiger partial charge in [0.25, 0.3) is 0 Å². The lowest BCUT2D eigenvalue weighted by molar-refractivity contribution is 0.210. The zero-order valence-electron chi connectivity index (χ0n) is 6.92. The Morgan fingerprint density at radius 1 is 1.73 bits per heavy atom. The summed E-state index contributed by atoms with van der Waals surface area (Å²) in [4.78, 5) is 12.4. The summed E-state index contributed by atoms with van der Waals surface area (Å²) >= 11 is 0. The SMILES string of the molecule is CCNC(=O)N(C)CCC#N. The Labute approximate surface area is 66.8 Å². The number of rotatable bonds is 3. The smallest absolute Gasteiger partial charge is 0.317 e. The zero-order chi connectivity index (χ0) is 8.69. The van der Waals surface area contributed by atoms with Crippen molar-refractivity contribution in [1.29, 1.82) is 5.26 Å². The molecule has 0 aliphatic heterocycles. The van der Waals surface area contributed by atoms with Crippen LogP contribution in [0.15, 0.2) is 0 Å². The van der Waals surface area contributed by atoms with E-state index in [1.807, 2.05) is 13.0 Å². The Morgan fingerprint density at radius 2 is 2.36 bits per heavy atom. The first-order valence-corrected chi connectivity index (χ1v) is 3.58. The van der Waals surface area contributed by atoms with Crippen molar-refractivity contribution in [3.05, 3.63) is 0 Å². The first-order chi connectivity index (χ1) is 5.22. The van der Waals surface area contributed by atoms with Crippen LogP contribution in [0, 0.1) is 11.3 Å². The fraction of sp³-hybridized carbons (Fsp3) is 0.714. The van der Waals surface area contributed by atoms with Crippen LogP contribution >= 0.6 is 0 Å². The van der Waals surface area contributed by atoms with Gasteiger partial charge >= 0.3 is 6.03 Å². The van der Waals surface area contributed by atoms with Crippen LogP contribution in [0.2, 0.25) is 0 Å². The Balaban J connectivity index is 3.57. The monoisotopic (exact) mass is 155 g/mol. The molecule has 0 heterocycles. The van der Waals surface area contributed by atoms with Gasteiger partial charge in [0, 0.05) is 20.1 Å². The van der Waals surface area contributed by atoms with E-state index in [-0.39, 0.29) is 6.03 Å². The molecule has 4 heteroatoms. The normalized spacial score (nSPS) is 8.45. The van der Waals surface area contributed by atoms with E-state index in [0.717, 1.165) is 0 Å². The summed E-state index contributed by atoms with van der Waals surface area (Å²) in [6.07, 6.45) is 0.383. The number of nitrogens with one attached hydrogen (secondary N) is 1. The van der Waals surface area contributed by atoms with E-state index in [2.05, 4.69) is 5.32 Å². The van der Waals surface area contributed by atoms with Gasteiger partial charge in [-0.05, 0) is 6.92 Å². The van der Waals surface area contributed by atoms with Gasteiger partial charge in [0.15, 0.2) is 0 Å². The second-order valence-corrected chi connectivity index (χ2v) is 2.17. The van der Waals surface area contributed by atoms with Crippen LogP contribution in [0.25, 0.3) is 0 Å². The minimum atomic E-state index is -0.122. The van der Waals surface area contributed by atoms with Gasteiger partial charge in [-0.1, -0.05) is 0 Å². The molecular formula is C7H13N3O. The van der Waals surface area contributed by atoms with Crippen molar-refractivity contribution < 1.29 is 4.79 Å². The van der Waals surface area contributed by atoms with Crippen LogP contribution in [0.1, 0.15) is 13.3 Å². The number of urea groups is 1. The van der Waals surface area contributed by atoms with Crippen LogP contribution in [-0.4, -0.2) is 31.1 Å². The minimum absolute atomic E-state index is 0.122. The average molecular weight is 155 g/mol. The molecule has 0 saturated heterocycles. The fourth-order valence-corrected chi connectivity index (χ4v) is 0.605. The lowest BCUT2D eigenvalue weighted by Crippen LogP contribution is -2.37. The first-order valence-electron chi connectivity index (χ1n) is 3.58. The molecule has 0 fully saturated rings. The summed E-state index contributed by atoms with van der Waals surface area (Å²) in [6.45, 7) is 2.97. The molecule has 0 rings (SSSR count). The lowest BCUT2D eigenvalue weighted by atomic mass is 10.4. The van der Waals surface area contributed by atoms with Crippen molar-refractivity contribution in [3.8, 4) is 6.07 Å². The lowest BCUT2D eigenvalue weighted by Gasteiger charge is -2.14. The molecule has 0 atom stereocenters. The molecule has 0 bridgehead atoms. The van der Waals surface area contributed by atoms with Crippen molar-refractivity contribution in [1.82, 2.24) is 10.2 Å². The van der Waals surface area contributed by atoms with Crippen molar-refractivity contribution in [2.75, 3.05) is 20.1 Å². The van der Waals surface area contributed by atoms with Crippen LogP contribution in [-0.2, 0) is 0 Å². The highest BCUT2D eigenvalue weighted by atomic mass is 16.2. The van der Waals surface area contributed by atoms with Crippen molar-refractivity contribution in [2.24, 2.45) is 0 Å². The summed E-state index contributed by atoms with van der Waals surface area (Å²) in [6, 6.07) is 1.85. The number of carbonyl (C=O) groups is 1. The number of nitrogens with zero attached hydrogens (tertiary/aromatic N) is 2. The summed E-state index contributed by atoms with van der Waals surface area (Å²) in [5, 5.41) is 10.9. The zero-order valence-corrected chi connectivity index (χ0v) is 6.92. The summed E-state index contributed by atoms with van der Waals surface area (Å²) in [7, 11) is 1.67. The maximum absolute atomic E-state index is 11.0. The van der Waals surface area contributed by atoms with E-state index >= 15 is 0 Å².